The predicted octanol–water partition coefficient (Wildman–Crippen LogP) is 4.20. The van der Waals surface area contributed by atoms with E-state index in [2.05, 4.69) is 4.99 Å². The van der Waals surface area contributed by atoms with E-state index < -0.39 is 16.9 Å². The first-order chi connectivity index (χ1) is 19.1. The van der Waals surface area contributed by atoms with Crippen LogP contribution in [0.5, 0.6) is 5.75 Å². The summed E-state index contributed by atoms with van der Waals surface area (Å²) < 4.78 is 18.4. The first kappa shape index (κ1) is 26.8. The molecule has 0 saturated carbocycles. The number of hydrogen-bond acceptors (Lipinski definition) is 9. The largest absolute Gasteiger partial charge is 0.496 e. The summed E-state index contributed by atoms with van der Waals surface area (Å²) in [6.07, 6.45) is 1.60. The Labute approximate surface area is 232 Å². The van der Waals surface area contributed by atoms with Crippen molar-refractivity contribution in [3.05, 3.63) is 112 Å². The zero-order chi connectivity index (χ0) is 28.7. The lowest BCUT2D eigenvalue weighted by Gasteiger charge is -2.25. The van der Waals surface area contributed by atoms with Gasteiger partial charge in [-0.15, -0.1) is 0 Å². The van der Waals surface area contributed by atoms with E-state index in [0.717, 1.165) is 5.56 Å². The molecule has 204 valence electrons. The minimum atomic E-state index is -0.778. The van der Waals surface area contributed by atoms with Crippen LogP contribution in [0.25, 0.3) is 17.4 Å². The van der Waals surface area contributed by atoms with Crippen molar-refractivity contribution >= 4 is 29.1 Å². The van der Waals surface area contributed by atoms with Gasteiger partial charge in [0, 0.05) is 23.3 Å². The summed E-state index contributed by atoms with van der Waals surface area (Å²) in [6.45, 7) is 5.28. The Kier molecular flexibility index (Phi) is 6.99. The van der Waals surface area contributed by atoms with E-state index in [1.54, 1.807) is 57.4 Å². The van der Waals surface area contributed by atoms with Gasteiger partial charge >= 0.3 is 5.97 Å². The highest BCUT2D eigenvalue weighted by Gasteiger charge is 2.33. The molecule has 40 heavy (non-hydrogen) atoms. The average molecular weight is 560 g/mol. The van der Waals surface area contributed by atoms with Crippen LogP contribution in [-0.4, -0.2) is 29.7 Å². The van der Waals surface area contributed by atoms with Gasteiger partial charge in [0.15, 0.2) is 4.80 Å². The summed E-state index contributed by atoms with van der Waals surface area (Å²) >= 11 is 1.17. The minimum Gasteiger partial charge on any atom is -0.496 e. The third-order valence-electron chi connectivity index (χ3n) is 6.84. The number of nitro groups is 1. The molecule has 0 spiro atoms. The summed E-state index contributed by atoms with van der Waals surface area (Å²) in [5.74, 6) is 0.874. The van der Waals surface area contributed by atoms with Crippen molar-refractivity contribution in [3.8, 4) is 17.1 Å². The standard InChI is InChI=1S/C29H25N3O7S/c1-15-9-10-18(13-23(15)37-4)26-25(28(34)38-5)17(3)30-29-31(26)27(33)24(40-29)14-19-11-12-22(39-19)20-7-6-8-21(16(20)2)32(35)36/h6-14,26H,1-5H3/b24-14+/t26-/m1/s1. The molecule has 0 N–H and O–H groups in total. The molecule has 0 fully saturated rings. The van der Waals surface area contributed by atoms with Gasteiger partial charge in [-0.1, -0.05) is 35.6 Å². The van der Waals surface area contributed by atoms with E-state index in [0.29, 0.717) is 49.0 Å². The molecule has 10 nitrogen and oxygen atoms in total. The molecule has 4 aromatic rings. The third-order valence-corrected chi connectivity index (χ3v) is 7.83. The Balaban J connectivity index is 1.65. The SMILES string of the molecule is COC(=O)C1=C(C)N=c2s/c(=C/c3ccc(-c4cccc([N+](=O)[O-])c4C)o3)c(=O)n2[C@@H]1c1ccc(C)c(OC)c1. The van der Waals surface area contributed by atoms with Crippen LogP contribution in [0.15, 0.2) is 74.0 Å². The number of carbonyl (C=O) groups is 1. The first-order valence-electron chi connectivity index (χ1n) is 12.2. The molecule has 0 saturated heterocycles. The maximum absolute atomic E-state index is 13.8. The van der Waals surface area contributed by atoms with Gasteiger partial charge in [0.2, 0.25) is 0 Å². The molecule has 0 radical (unpaired) electrons. The number of carbonyl (C=O) groups excluding carboxylic acids is 1. The Morgan fingerprint density at radius 1 is 1.15 bits per heavy atom. The number of rotatable bonds is 6. The number of esters is 1. The molecule has 5 rings (SSSR count). The van der Waals surface area contributed by atoms with Crippen molar-refractivity contribution in [1.82, 2.24) is 4.57 Å². The molecule has 11 heteroatoms. The number of aryl methyl sites for hydroxylation is 1. The number of benzene rings is 2. The lowest BCUT2D eigenvalue weighted by atomic mass is 9.95. The molecule has 3 heterocycles. The first-order valence-corrected chi connectivity index (χ1v) is 13.1. The number of nitrogens with zero attached hydrogens (tertiary/aromatic N) is 3. The van der Waals surface area contributed by atoms with Crippen LogP contribution in [0.2, 0.25) is 0 Å². The number of allylic oxidation sites excluding steroid dienone is 1. The van der Waals surface area contributed by atoms with Gasteiger partial charge in [-0.25, -0.2) is 9.79 Å². The Hall–Kier alpha value is -4.77. The average Bonchev–Trinajstić information content (AvgIpc) is 3.52. The molecule has 2 aromatic carbocycles. The van der Waals surface area contributed by atoms with E-state index in [1.165, 1.54) is 29.1 Å². The van der Waals surface area contributed by atoms with Crippen LogP contribution in [0.4, 0.5) is 5.69 Å². The smallest absolute Gasteiger partial charge is 0.338 e. The molecular weight excluding hydrogens is 534 g/mol. The molecule has 1 atom stereocenters. The zero-order valence-corrected chi connectivity index (χ0v) is 23.2. The van der Waals surface area contributed by atoms with Gasteiger partial charge in [0.1, 0.15) is 17.3 Å². The molecular formula is C29H25N3O7S. The highest BCUT2D eigenvalue weighted by atomic mass is 32.1. The summed E-state index contributed by atoms with van der Waals surface area (Å²) in [5, 5.41) is 11.4. The molecule has 0 bridgehead atoms. The lowest BCUT2D eigenvalue weighted by molar-refractivity contribution is -0.385. The Morgan fingerprint density at radius 2 is 1.93 bits per heavy atom. The van der Waals surface area contributed by atoms with Crippen LogP contribution in [0, 0.1) is 24.0 Å². The molecule has 0 aliphatic carbocycles. The summed E-state index contributed by atoms with van der Waals surface area (Å²) in [7, 11) is 2.85. The quantitative estimate of drug-likeness (QED) is 0.197. The lowest BCUT2D eigenvalue weighted by Crippen LogP contribution is -2.39. The van der Waals surface area contributed by atoms with Crippen molar-refractivity contribution in [1.29, 1.82) is 0 Å². The van der Waals surface area contributed by atoms with Gasteiger partial charge in [-0.3, -0.25) is 19.5 Å². The van der Waals surface area contributed by atoms with Crippen LogP contribution in [-0.2, 0) is 9.53 Å². The fourth-order valence-corrected chi connectivity index (χ4v) is 5.83. The highest BCUT2D eigenvalue weighted by Crippen LogP contribution is 2.34. The zero-order valence-electron chi connectivity index (χ0n) is 22.4. The van der Waals surface area contributed by atoms with Crippen molar-refractivity contribution in [2.75, 3.05) is 14.2 Å². The number of fused-ring (bicyclic) bond motifs is 1. The molecule has 0 amide bonds. The maximum Gasteiger partial charge on any atom is 0.338 e. The number of aromatic nitrogens is 1. The van der Waals surface area contributed by atoms with Gasteiger partial charge in [0.05, 0.1) is 41.0 Å². The van der Waals surface area contributed by atoms with E-state index in [9.17, 15) is 19.7 Å². The normalized spacial score (nSPS) is 15.0. The molecule has 0 unspecified atom stereocenters. The van der Waals surface area contributed by atoms with Crippen molar-refractivity contribution < 1.29 is 23.6 Å². The highest BCUT2D eigenvalue weighted by molar-refractivity contribution is 7.07. The van der Waals surface area contributed by atoms with Crippen molar-refractivity contribution in [2.24, 2.45) is 4.99 Å². The molecule has 1 aliphatic heterocycles. The fourth-order valence-electron chi connectivity index (χ4n) is 4.81. The molecule has 1 aliphatic rings. The van der Waals surface area contributed by atoms with Crippen LogP contribution in [0.3, 0.4) is 0 Å². The predicted molar refractivity (Wildman–Crippen MR) is 149 cm³/mol. The van der Waals surface area contributed by atoms with Gasteiger partial charge in [0.25, 0.3) is 11.2 Å². The van der Waals surface area contributed by atoms with Crippen LogP contribution < -0.4 is 19.6 Å². The summed E-state index contributed by atoms with van der Waals surface area (Å²) in [5.41, 5.74) is 2.99. The van der Waals surface area contributed by atoms with Crippen molar-refractivity contribution in [3.63, 3.8) is 0 Å². The number of methoxy groups -OCH3 is 2. The van der Waals surface area contributed by atoms with Gasteiger partial charge in [-0.2, -0.15) is 0 Å². The van der Waals surface area contributed by atoms with E-state index in [1.807, 2.05) is 19.1 Å². The van der Waals surface area contributed by atoms with Crippen molar-refractivity contribution in [2.45, 2.75) is 26.8 Å². The number of ether oxygens (including phenoxy) is 2. The second-order valence-electron chi connectivity index (χ2n) is 9.21. The second kappa shape index (κ2) is 10.4. The number of nitro benzene ring substituents is 1. The second-order valence-corrected chi connectivity index (χ2v) is 10.2. The summed E-state index contributed by atoms with van der Waals surface area (Å²) in [6, 6.07) is 12.9. The molecule has 2 aromatic heterocycles. The van der Waals surface area contributed by atoms with E-state index >= 15 is 0 Å². The van der Waals surface area contributed by atoms with E-state index in [4.69, 9.17) is 13.9 Å². The van der Waals surface area contributed by atoms with Gasteiger partial charge in [-0.05, 0) is 50.1 Å². The maximum atomic E-state index is 13.8. The topological polar surface area (TPSA) is 126 Å². The third kappa shape index (κ3) is 4.54. The number of thiazole rings is 1. The monoisotopic (exact) mass is 559 g/mol. The number of hydrogen-bond donors (Lipinski definition) is 0. The summed E-state index contributed by atoms with van der Waals surface area (Å²) in [4.78, 5) is 42.6. The van der Waals surface area contributed by atoms with Crippen LogP contribution >= 0.6 is 11.3 Å². The minimum absolute atomic E-state index is 0.00623. The Morgan fingerprint density at radius 3 is 2.62 bits per heavy atom. The Bertz CT molecular complexity index is 1890. The fraction of sp³-hybridized carbons (Fsp3) is 0.207. The van der Waals surface area contributed by atoms with E-state index in [-0.39, 0.29) is 16.8 Å². The van der Waals surface area contributed by atoms with Gasteiger partial charge < -0.3 is 13.9 Å². The van der Waals surface area contributed by atoms with Crippen LogP contribution in [0.1, 0.15) is 35.4 Å². The number of furan rings is 1.